The third-order valence-electron chi connectivity index (χ3n) is 3.20. The van der Waals surface area contributed by atoms with Gasteiger partial charge in [0, 0.05) is 18.0 Å². The highest BCUT2D eigenvalue weighted by Gasteiger charge is 2.16. The molecule has 1 aromatic carbocycles. The zero-order valence-corrected chi connectivity index (χ0v) is 14.4. The van der Waals surface area contributed by atoms with E-state index in [0.29, 0.717) is 17.2 Å². The van der Waals surface area contributed by atoms with E-state index in [1.54, 1.807) is 38.6 Å². The number of thioether (sulfide) groups is 1. The number of hydrogen-bond donors (Lipinski definition) is 1. The zero-order valence-electron chi connectivity index (χ0n) is 13.6. The monoisotopic (exact) mass is 332 g/mol. The number of rotatable bonds is 6. The molecule has 1 unspecified atom stereocenters. The molecule has 1 amide bonds. The molecule has 0 fully saturated rings. The number of nitrogens with zero attached hydrogens (tertiary/aromatic N) is 1. The number of aromatic nitrogens is 1. The molecule has 1 heterocycles. The molecule has 1 atom stereocenters. The molecular weight excluding hydrogens is 312 g/mol. The number of hydrogen-bond acceptors (Lipinski definition) is 5. The largest absolute Gasteiger partial charge is 0.493 e. The highest BCUT2D eigenvalue weighted by Crippen LogP contribution is 2.30. The smallest absolute Gasteiger partial charge is 0.237 e. The molecule has 0 aliphatic carbocycles. The van der Waals surface area contributed by atoms with Crippen molar-refractivity contribution in [3.63, 3.8) is 0 Å². The van der Waals surface area contributed by atoms with Gasteiger partial charge in [0.05, 0.1) is 24.5 Å². The van der Waals surface area contributed by atoms with Crippen LogP contribution >= 0.6 is 11.8 Å². The van der Waals surface area contributed by atoms with Gasteiger partial charge in [-0.25, -0.2) is 4.98 Å². The van der Waals surface area contributed by atoms with E-state index in [2.05, 4.69) is 10.3 Å². The SMILES string of the molecule is COc1ccc(NC(=O)C(C)Sc2ccc(C)cn2)cc1OC. The molecule has 0 saturated heterocycles. The van der Waals surface area contributed by atoms with Gasteiger partial charge < -0.3 is 14.8 Å². The van der Waals surface area contributed by atoms with Gasteiger partial charge in [-0.2, -0.15) is 0 Å². The van der Waals surface area contributed by atoms with E-state index in [4.69, 9.17) is 9.47 Å². The Morgan fingerprint density at radius 2 is 1.91 bits per heavy atom. The van der Waals surface area contributed by atoms with E-state index in [9.17, 15) is 4.79 Å². The average molecular weight is 332 g/mol. The molecule has 122 valence electrons. The van der Waals surface area contributed by atoms with Crippen LogP contribution in [0.15, 0.2) is 41.6 Å². The maximum absolute atomic E-state index is 12.3. The van der Waals surface area contributed by atoms with Crippen LogP contribution in [0.2, 0.25) is 0 Å². The Bertz CT molecular complexity index is 674. The number of pyridine rings is 1. The van der Waals surface area contributed by atoms with E-state index in [0.717, 1.165) is 10.6 Å². The number of carbonyl (C=O) groups excluding carboxylic acids is 1. The molecule has 2 rings (SSSR count). The Morgan fingerprint density at radius 1 is 1.17 bits per heavy atom. The maximum Gasteiger partial charge on any atom is 0.237 e. The van der Waals surface area contributed by atoms with Crippen LogP contribution in [-0.2, 0) is 4.79 Å². The predicted molar refractivity (Wildman–Crippen MR) is 92.5 cm³/mol. The van der Waals surface area contributed by atoms with E-state index >= 15 is 0 Å². The predicted octanol–water partition coefficient (Wildman–Crippen LogP) is 3.53. The summed E-state index contributed by atoms with van der Waals surface area (Å²) >= 11 is 1.42. The number of methoxy groups -OCH3 is 2. The van der Waals surface area contributed by atoms with Crippen LogP contribution in [0.25, 0.3) is 0 Å². The molecule has 6 heteroatoms. The molecular formula is C17H20N2O3S. The maximum atomic E-state index is 12.3. The van der Waals surface area contributed by atoms with Crippen molar-refractivity contribution in [1.82, 2.24) is 4.98 Å². The minimum atomic E-state index is -0.265. The van der Waals surface area contributed by atoms with Gasteiger partial charge in [-0.05, 0) is 37.6 Å². The first-order valence-corrected chi connectivity index (χ1v) is 8.03. The Kier molecular flexibility index (Phi) is 5.87. The minimum absolute atomic E-state index is 0.0930. The minimum Gasteiger partial charge on any atom is -0.493 e. The fraction of sp³-hybridized carbons (Fsp3) is 0.294. The van der Waals surface area contributed by atoms with Gasteiger partial charge in [0.15, 0.2) is 11.5 Å². The summed E-state index contributed by atoms with van der Waals surface area (Å²) in [6.07, 6.45) is 1.79. The third-order valence-corrected chi connectivity index (χ3v) is 4.25. The van der Waals surface area contributed by atoms with Crippen LogP contribution in [-0.4, -0.2) is 30.4 Å². The fourth-order valence-electron chi connectivity index (χ4n) is 1.92. The van der Waals surface area contributed by atoms with Crippen molar-refractivity contribution in [2.75, 3.05) is 19.5 Å². The van der Waals surface area contributed by atoms with Gasteiger partial charge >= 0.3 is 0 Å². The van der Waals surface area contributed by atoms with E-state index in [1.807, 2.05) is 26.0 Å². The van der Waals surface area contributed by atoms with Crippen molar-refractivity contribution in [3.8, 4) is 11.5 Å². The van der Waals surface area contributed by atoms with E-state index in [1.165, 1.54) is 11.8 Å². The quantitative estimate of drug-likeness (QED) is 0.820. The highest BCUT2D eigenvalue weighted by molar-refractivity contribution is 8.00. The second kappa shape index (κ2) is 7.87. The van der Waals surface area contributed by atoms with Crippen LogP contribution in [0, 0.1) is 6.92 Å². The number of benzene rings is 1. The molecule has 0 bridgehead atoms. The van der Waals surface area contributed by atoms with E-state index in [-0.39, 0.29) is 11.2 Å². The Hall–Kier alpha value is -2.21. The first kappa shape index (κ1) is 17.1. The van der Waals surface area contributed by atoms with Crippen molar-refractivity contribution in [1.29, 1.82) is 0 Å². The molecule has 0 saturated carbocycles. The van der Waals surface area contributed by atoms with Gasteiger partial charge in [0.25, 0.3) is 0 Å². The first-order valence-electron chi connectivity index (χ1n) is 7.15. The topological polar surface area (TPSA) is 60.5 Å². The number of ether oxygens (including phenoxy) is 2. The standard InChI is InChI=1S/C17H20N2O3S/c1-11-5-8-16(18-10-11)23-12(2)17(20)19-13-6-7-14(21-3)15(9-13)22-4/h5-10,12H,1-4H3,(H,19,20). The van der Waals surface area contributed by atoms with Crippen molar-refractivity contribution < 1.29 is 14.3 Å². The number of nitrogens with one attached hydrogen (secondary N) is 1. The van der Waals surface area contributed by atoms with E-state index < -0.39 is 0 Å². The Morgan fingerprint density at radius 3 is 2.52 bits per heavy atom. The lowest BCUT2D eigenvalue weighted by molar-refractivity contribution is -0.115. The summed E-state index contributed by atoms with van der Waals surface area (Å²) in [5, 5.41) is 3.44. The summed E-state index contributed by atoms with van der Waals surface area (Å²) in [5.41, 5.74) is 1.76. The fourth-order valence-corrected chi connectivity index (χ4v) is 2.70. The van der Waals surface area contributed by atoms with Crippen LogP contribution < -0.4 is 14.8 Å². The average Bonchev–Trinajstić information content (AvgIpc) is 2.56. The van der Waals surface area contributed by atoms with Crippen LogP contribution in [0.4, 0.5) is 5.69 Å². The summed E-state index contributed by atoms with van der Waals surface area (Å²) in [6, 6.07) is 9.17. The number of amides is 1. The van der Waals surface area contributed by atoms with Crippen molar-refractivity contribution >= 4 is 23.4 Å². The molecule has 0 radical (unpaired) electrons. The van der Waals surface area contributed by atoms with Gasteiger partial charge in [0.2, 0.25) is 5.91 Å². The normalized spacial score (nSPS) is 11.7. The molecule has 1 aromatic heterocycles. The second-order valence-corrected chi connectivity index (χ2v) is 6.35. The lowest BCUT2D eigenvalue weighted by Crippen LogP contribution is -2.22. The van der Waals surface area contributed by atoms with Crippen molar-refractivity contribution in [3.05, 3.63) is 42.1 Å². The summed E-state index contributed by atoms with van der Waals surface area (Å²) in [6.45, 7) is 3.83. The summed E-state index contributed by atoms with van der Waals surface area (Å²) in [4.78, 5) is 16.6. The van der Waals surface area contributed by atoms with Gasteiger partial charge in [0.1, 0.15) is 0 Å². The number of anilines is 1. The first-order chi connectivity index (χ1) is 11.0. The Balaban J connectivity index is 2.01. The molecule has 5 nitrogen and oxygen atoms in total. The van der Waals surface area contributed by atoms with Gasteiger partial charge in [-0.1, -0.05) is 17.8 Å². The van der Waals surface area contributed by atoms with Crippen molar-refractivity contribution in [2.24, 2.45) is 0 Å². The second-order valence-electron chi connectivity index (χ2n) is 4.99. The summed E-state index contributed by atoms with van der Waals surface area (Å²) < 4.78 is 10.4. The highest BCUT2D eigenvalue weighted by atomic mass is 32.2. The van der Waals surface area contributed by atoms with Crippen LogP contribution in [0.3, 0.4) is 0 Å². The third kappa shape index (κ3) is 4.63. The number of aryl methyl sites for hydroxylation is 1. The molecule has 0 spiro atoms. The van der Waals surface area contributed by atoms with Gasteiger partial charge in [-0.3, -0.25) is 4.79 Å². The Labute approximate surface area is 140 Å². The molecule has 2 aromatic rings. The van der Waals surface area contributed by atoms with Crippen LogP contribution in [0.5, 0.6) is 11.5 Å². The lowest BCUT2D eigenvalue weighted by atomic mass is 10.2. The number of carbonyl (C=O) groups is 1. The zero-order chi connectivity index (χ0) is 16.8. The molecule has 0 aliphatic heterocycles. The molecule has 0 aliphatic rings. The summed E-state index contributed by atoms with van der Waals surface area (Å²) in [5.74, 6) is 1.10. The lowest BCUT2D eigenvalue weighted by Gasteiger charge is -2.13. The molecule has 23 heavy (non-hydrogen) atoms. The van der Waals surface area contributed by atoms with Crippen LogP contribution in [0.1, 0.15) is 12.5 Å². The molecule has 1 N–H and O–H groups in total. The summed E-state index contributed by atoms with van der Waals surface area (Å²) in [7, 11) is 3.13. The van der Waals surface area contributed by atoms with Gasteiger partial charge in [-0.15, -0.1) is 0 Å². The van der Waals surface area contributed by atoms with Crippen molar-refractivity contribution in [2.45, 2.75) is 24.1 Å².